The molecule has 2 aliphatic rings. The minimum Gasteiger partial charge on any atom is -0.381 e. The lowest BCUT2D eigenvalue weighted by molar-refractivity contribution is 0.181. The summed E-state index contributed by atoms with van der Waals surface area (Å²) in [5, 5.41) is 3.43. The summed E-state index contributed by atoms with van der Waals surface area (Å²) in [4.78, 5) is 7.15. The molecule has 126 valence electrons. The van der Waals surface area contributed by atoms with E-state index in [0.29, 0.717) is 17.8 Å². The normalized spacial score (nSPS) is 27.0. The predicted octanol–water partition coefficient (Wildman–Crippen LogP) is 2.72. The summed E-state index contributed by atoms with van der Waals surface area (Å²) in [5.41, 5.74) is 1.47. The van der Waals surface area contributed by atoms with Crippen LogP contribution in [0, 0.1) is 11.8 Å². The Morgan fingerprint density at radius 3 is 2.87 bits per heavy atom. The van der Waals surface area contributed by atoms with Crippen LogP contribution in [-0.4, -0.2) is 50.8 Å². The second-order valence-corrected chi connectivity index (χ2v) is 6.82. The van der Waals surface area contributed by atoms with E-state index in [4.69, 9.17) is 9.73 Å². The van der Waals surface area contributed by atoms with Gasteiger partial charge in [-0.2, -0.15) is 0 Å². The average Bonchev–Trinajstić information content (AvgIpc) is 3.18. The summed E-state index contributed by atoms with van der Waals surface area (Å²) in [7, 11) is 2.14. The number of aliphatic imine (C=N–C) groups is 1. The molecule has 1 aromatic carbocycles. The topological polar surface area (TPSA) is 36.9 Å². The Morgan fingerprint density at radius 1 is 1.35 bits per heavy atom. The number of hydrogen-bond donors (Lipinski definition) is 1. The van der Waals surface area contributed by atoms with Crippen molar-refractivity contribution in [2.24, 2.45) is 16.8 Å². The molecule has 1 heterocycles. The molecular formula is C19H29N3O. The molecule has 3 atom stereocenters. The van der Waals surface area contributed by atoms with Crippen LogP contribution in [0.4, 0.5) is 0 Å². The lowest BCUT2D eigenvalue weighted by Gasteiger charge is -2.24. The van der Waals surface area contributed by atoms with Gasteiger partial charge in [0, 0.05) is 39.2 Å². The maximum atomic E-state index is 5.48. The van der Waals surface area contributed by atoms with E-state index >= 15 is 0 Å². The second kappa shape index (κ2) is 7.82. The first-order valence-corrected chi connectivity index (χ1v) is 8.90. The van der Waals surface area contributed by atoms with Crippen LogP contribution in [0.2, 0.25) is 0 Å². The van der Waals surface area contributed by atoms with Crippen molar-refractivity contribution in [1.82, 2.24) is 10.2 Å². The zero-order chi connectivity index (χ0) is 16.1. The third kappa shape index (κ3) is 4.47. The third-order valence-corrected chi connectivity index (χ3v) is 4.88. The van der Waals surface area contributed by atoms with Gasteiger partial charge in [0.25, 0.3) is 0 Å². The van der Waals surface area contributed by atoms with Gasteiger partial charge in [-0.3, -0.25) is 4.99 Å². The van der Waals surface area contributed by atoms with Crippen LogP contribution < -0.4 is 5.32 Å². The van der Waals surface area contributed by atoms with Crippen molar-refractivity contribution in [2.45, 2.75) is 25.7 Å². The van der Waals surface area contributed by atoms with Gasteiger partial charge in [-0.05, 0) is 37.2 Å². The van der Waals surface area contributed by atoms with Gasteiger partial charge in [0.05, 0.1) is 6.61 Å². The number of nitrogens with one attached hydrogen (secondary N) is 1. The fourth-order valence-corrected chi connectivity index (χ4v) is 3.43. The van der Waals surface area contributed by atoms with Crippen LogP contribution in [0.5, 0.6) is 0 Å². The van der Waals surface area contributed by atoms with Crippen LogP contribution in [0.25, 0.3) is 0 Å². The molecule has 0 amide bonds. The van der Waals surface area contributed by atoms with E-state index in [1.54, 1.807) is 0 Å². The highest BCUT2D eigenvalue weighted by Crippen LogP contribution is 2.47. The highest BCUT2D eigenvalue weighted by Gasteiger charge is 2.37. The molecule has 1 aliphatic heterocycles. The number of nitrogens with zero attached hydrogens (tertiary/aromatic N) is 2. The Morgan fingerprint density at radius 2 is 2.17 bits per heavy atom. The first kappa shape index (κ1) is 16.3. The van der Waals surface area contributed by atoms with Crippen molar-refractivity contribution in [2.75, 3.05) is 39.9 Å². The van der Waals surface area contributed by atoms with Gasteiger partial charge < -0.3 is 15.0 Å². The van der Waals surface area contributed by atoms with Crippen LogP contribution >= 0.6 is 0 Å². The lowest BCUT2D eigenvalue weighted by atomic mass is 10.1. The minimum absolute atomic E-state index is 0.641. The van der Waals surface area contributed by atoms with E-state index in [0.717, 1.165) is 38.8 Å². The largest absolute Gasteiger partial charge is 0.381 e. The fraction of sp³-hybridized carbons (Fsp3) is 0.632. The van der Waals surface area contributed by atoms with E-state index in [1.807, 2.05) is 0 Å². The molecule has 4 nitrogen and oxygen atoms in total. The number of hydrogen-bond acceptors (Lipinski definition) is 2. The zero-order valence-electron chi connectivity index (χ0n) is 14.4. The number of guanidine groups is 1. The average molecular weight is 315 g/mol. The number of benzene rings is 1. The summed E-state index contributed by atoms with van der Waals surface area (Å²) in [5.74, 6) is 3.09. The van der Waals surface area contributed by atoms with Gasteiger partial charge in [0.2, 0.25) is 0 Å². The smallest absolute Gasteiger partial charge is 0.193 e. The van der Waals surface area contributed by atoms with Gasteiger partial charge in [-0.15, -0.1) is 0 Å². The zero-order valence-corrected chi connectivity index (χ0v) is 14.4. The van der Waals surface area contributed by atoms with E-state index in [2.05, 4.69) is 54.5 Å². The van der Waals surface area contributed by atoms with Crippen LogP contribution in [-0.2, 0) is 4.74 Å². The molecule has 23 heavy (non-hydrogen) atoms. The second-order valence-electron chi connectivity index (χ2n) is 6.82. The summed E-state index contributed by atoms with van der Waals surface area (Å²) >= 11 is 0. The maximum absolute atomic E-state index is 5.48. The van der Waals surface area contributed by atoms with E-state index in [-0.39, 0.29) is 0 Å². The van der Waals surface area contributed by atoms with Gasteiger partial charge in [0.1, 0.15) is 0 Å². The highest BCUT2D eigenvalue weighted by molar-refractivity contribution is 5.79. The van der Waals surface area contributed by atoms with Crippen molar-refractivity contribution in [3.63, 3.8) is 0 Å². The minimum atomic E-state index is 0.641. The van der Waals surface area contributed by atoms with Crippen molar-refractivity contribution in [3.8, 4) is 0 Å². The summed E-state index contributed by atoms with van der Waals surface area (Å²) in [6.45, 7) is 6.80. The monoisotopic (exact) mass is 315 g/mol. The molecule has 0 radical (unpaired) electrons. The molecule has 2 fully saturated rings. The van der Waals surface area contributed by atoms with Gasteiger partial charge in [0.15, 0.2) is 5.96 Å². The Bertz CT molecular complexity index is 511. The summed E-state index contributed by atoms with van der Waals surface area (Å²) < 4.78 is 5.48. The van der Waals surface area contributed by atoms with E-state index in [9.17, 15) is 0 Å². The van der Waals surface area contributed by atoms with Gasteiger partial charge in [-0.25, -0.2) is 0 Å². The Balaban J connectivity index is 1.52. The lowest BCUT2D eigenvalue weighted by Crippen LogP contribution is -2.41. The Kier molecular flexibility index (Phi) is 5.55. The molecule has 1 aromatic rings. The van der Waals surface area contributed by atoms with Crippen molar-refractivity contribution >= 4 is 5.96 Å². The van der Waals surface area contributed by atoms with Crippen LogP contribution in [0.3, 0.4) is 0 Å². The van der Waals surface area contributed by atoms with Crippen LogP contribution in [0.1, 0.15) is 31.2 Å². The van der Waals surface area contributed by atoms with Crippen LogP contribution in [0.15, 0.2) is 35.3 Å². The molecule has 1 saturated heterocycles. The molecule has 4 heteroatoms. The molecule has 0 spiro atoms. The summed E-state index contributed by atoms with van der Waals surface area (Å²) in [6.07, 6.45) is 2.44. The molecule has 1 aliphatic carbocycles. The Labute approximate surface area is 139 Å². The number of rotatable bonds is 6. The molecule has 0 aromatic heterocycles. The van der Waals surface area contributed by atoms with Gasteiger partial charge in [-0.1, -0.05) is 30.3 Å². The maximum Gasteiger partial charge on any atom is 0.193 e. The Hall–Kier alpha value is -1.55. The van der Waals surface area contributed by atoms with E-state index in [1.165, 1.54) is 18.4 Å². The first-order valence-electron chi connectivity index (χ1n) is 8.90. The standard InChI is InChI=1S/C19H29N3O/c1-3-20-19(22(2)13-15-9-10-23-14-15)21-12-17-11-18(17)16-7-5-4-6-8-16/h4-8,15,17-18H,3,9-14H2,1-2H3,(H,20,21). The van der Waals surface area contributed by atoms with Crippen molar-refractivity contribution < 1.29 is 4.74 Å². The van der Waals surface area contributed by atoms with Crippen molar-refractivity contribution in [1.29, 1.82) is 0 Å². The molecule has 3 rings (SSSR count). The third-order valence-electron chi connectivity index (χ3n) is 4.88. The van der Waals surface area contributed by atoms with Gasteiger partial charge >= 0.3 is 0 Å². The molecule has 0 bridgehead atoms. The van der Waals surface area contributed by atoms with E-state index < -0.39 is 0 Å². The van der Waals surface area contributed by atoms with Crippen molar-refractivity contribution in [3.05, 3.63) is 35.9 Å². The molecule has 1 N–H and O–H groups in total. The fourth-order valence-electron chi connectivity index (χ4n) is 3.43. The predicted molar refractivity (Wildman–Crippen MR) is 94.8 cm³/mol. The SMILES string of the molecule is CCNC(=NCC1CC1c1ccccc1)N(C)CC1CCOC1. The highest BCUT2D eigenvalue weighted by atomic mass is 16.5. The molecule has 3 unspecified atom stereocenters. The summed E-state index contributed by atoms with van der Waals surface area (Å²) in [6, 6.07) is 10.8. The number of ether oxygens (including phenoxy) is 1. The molecular weight excluding hydrogens is 286 g/mol. The first-order chi connectivity index (χ1) is 11.3. The molecule has 1 saturated carbocycles. The quantitative estimate of drug-likeness (QED) is 0.648.